The number of fused-ring (bicyclic) bond motifs is 1. The molecule has 23 heavy (non-hydrogen) atoms. The summed E-state index contributed by atoms with van der Waals surface area (Å²) in [5.74, 6) is -0.0503. The minimum atomic E-state index is -3.05. The van der Waals surface area contributed by atoms with Crippen LogP contribution in [0.5, 0.6) is 0 Å². The average Bonchev–Trinajstić information content (AvgIpc) is 2.49. The van der Waals surface area contributed by atoms with E-state index in [-0.39, 0.29) is 24.7 Å². The minimum absolute atomic E-state index is 0.0503. The van der Waals surface area contributed by atoms with Gasteiger partial charge in [0.15, 0.2) is 0 Å². The van der Waals surface area contributed by atoms with Crippen LogP contribution in [-0.4, -0.2) is 50.1 Å². The summed E-state index contributed by atoms with van der Waals surface area (Å²) in [6.45, 7) is 0.654. The summed E-state index contributed by atoms with van der Waals surface area (Å²) in [4.78, 5) is 14.7. The quantitative estimate of drug-likeness (QED) is 0.442. The van der Waals surface area contributed by atoms with E-state index in [1.165, 1.54) is 6.20 Å². The fourth-order valence-electron chi connectivity index (χ4n) is 2.02. The van der Waals surface area contributed by atoms with Crippen molar-refractivity contribution in [1.29, 1.82) is 0 Å². The zero-order valence-corrected chi connectivity index (χ0v) is 13.4. The van der Waals surface area contributed by atoms with E-state index >= 15 is 0 Å². The first-order chi connectivity index (χ1) is 10.9. The molecule has 0 saturated carbocycles. The molecule has 0 spiro atoms. The molecular weight excluding hydrogens is 322 g/mol. The summed E-state index contributed by atoms with van der Waals surface area (Å²) in [6.07, 6.45) is 2.36. The molecule has 8 nitrogen and oxygen atoms in total. The summed E-state index contributed by atoms with van der Waals surface area (Å²) in [6, 6.07) is 7.11. The molecule has 1 N–H and O–H groups in total. The minimum Gasteiger partial charge on any atom is -0.379 e. The van der Waals surface area contributed by atoms with E-state index in [4.69, 9.17) is 4.74 Å². The third kappa shape index (κ3) is 4.86. The molecule has 0 unspecified atom stereocenters. The summed E-state index contributed by atoms with van der Waals surface area (Å²) >= 11 is 0. The summed E-state index contributed by atoms with van der Waals surface area (Å²) in [5.41, 5.74) is 0.922. The van der Waals surface area contributed by atoms with Gasteiger partial charge in [-0.3, -0.25) is 10.1 Å². The summed E-state index contributed by atoms with van der Waals surface area (Å²) < 4.78 is 27.2. The van der Waals surface area contributed by atoms with Gasteiger partial charge in [0.25, 0.3) is 0 Å². The van der Waals surface area contributed by atoms with Gasteiger partial charge in [-0.2, -0.15) is 0 Å². The number of aromatic nitrogens is 1. The van der Waals surface area contributed by atoms with Crippen molar-refractivity contribution in [3.05, 3.63) is 40.6 Å². The lowest BCUT2D eigenvalue weighted by molar-refractivity contribution is -0.384. The fourth-order valence-corrected chi connectivity index (χ4v) is 2.44. The van der Waals surface area contributed by atoms with Crippen LogP contribution in [0.25, 0.3) is 10.9 Å². The second kappa shape index (κ2) is 7.34. The molecule has 0 aliphatic carbocycles. The Hall–Kier alpha value is -2.26. The van der Waals surface area contributed by atoms with Gasteiger partial charge in [-0.05, 0) is 6.07 Å². The van der Waals surface area contributed by atoms with Gasteiger partial charge < -0.3 is 10.1 Å². The molecule has 0 atom stereocenters. The Labute approximate surface area is 133 Å². The number of hydrogen-bond donors (Lipinski definition) is 1. The van der Waals surface area contributed by atoms with Gasteiger partial charge in [0.2, 0.25) is 0 Å². The number of sulfone groups is 1. The van der Waals surface area contributed by atoms with Crippen LogP contribution in [0.15, 0.2) is 30.5 Å². The van der Waals surface area contributed by atoms with Gasteiger partial charge in [0, 0.05) is 18.2 Å². The Kier molecular flexibility index (Phi) is 5.45. The SMILES string of the molecule is CS(=O)(=O)CCOCCNc1c([N+](=O)[O-])cnc2ccccc12. The fraction of sp³-hybridized carbons (Fsp3) is 0.357. The van der Waals surface area contributed by atoms with Crippen molar-refractivity contribution in [3.8, 4) is 0 Å². The Bertz CT molecular complexity index is 807. The van der Waals surface area contributed by atoms with Crippen molar-refractivity contribution >= 4 is 32.1 Å². The standard InChI is InChI=1S/C14H17N3O5S/c1-23(20,21)9-8-22-7-6-15-14-11-4-2-3-5-12(11)16-10-13(14)17(18)19/h2-5,10H,6-9H2,1H3,(H,15,16). The van der Waals surface area contributed by atoms with E-state index < -0.39 is 14.8 Å². The Morgan fingerprint density at radius 3 is 2.74 bits per heavy atom. The number of benzene rings is 1. The molecule has 2 rings (SSSR count). The van der Waals surface area contributed by atoms with E-state index in [0.717, 1.165) is 6.26 Å². The van der Waals surface area contributed by atoms with Crippen LogP contribution in [0.1, 0.15) is 0 Å². The first-order valence-electron chi connectivity index (χ1n) is 6.90. The second-order valence-electron chi connectivity index (χ2n) is 4.96. The third-order valence-corrected chi connectivity index (χ3v) is 4.01. The molecule has 0 aliphatic heterocycles. The van der Waals surface area contributed by atoms with Crippen LogP contribution in [0.2, 0.25) is 0 Å². The van der Waals surface area contributed by atoms with Gasteiger partial charge >= 0.3 is 5.69 Å². The number of rotatable bonds is 8. The van der Waals surface area contributed by atoms with Crippen molar-refractivity contribution in [2.75, 3.05) is 37.1 Å². The maximum absolute atomic E-state index is 11.1. The van der Waals surface area contributed by atoms with Crippen LogP contribution in [-0.2, 0) is 14.6 Å². The monoisotopic (exact) mass is 339 g/mol. The first kappa shape index (κ1) is 17.1. The number of nitro groups is 1. The van der Waals surface area contributed by atoms with Gasteiger partial charge in [0.05, 0.1) is 29.4 Å². The highest BCUT2D eigenvalue weighted by Gasteiger charge is 2.17. The predicted octanol–water partition coefficient (Wildman–Crippen LogP) is 1.62. The summed E-state index contributed by atoms with van der Waals surface area (Å²) in [5, 5.41) is 14.8. The normalized spacial score (nSPS) is 11.5. The van der Waals surface area contributed by atoms with Gasteiger partial charge in [-0.25, -0.2) is 13.4 Å². The van der Waals surface area contributed by atoms with Crippen LogP contribution >= 0.6 is 0 Å². The highest BCUT2D eigenvalue weighted by molar-refractivity contribution is 7.90. The number of nitrogens with zero attached hydrogens (tertiary/aromatic N) is 2. The van der Waals surface area contributed by atoms with Crippen molar-refractivity contribution in [2.45, 2.75) is 0 Å². The van der Waals surface area contributed by atoms with Crippen molar-refractivity contribution in [2.24, 2.45) is 0 Å². The highest BCUT2D eigenvalue weighted by Crippen LogP contribution is 2.30. The second-order valence-corrected chi connectivity index (χ2v) is 7.22. The molecule has 0 fully saturated rings. The zero-order chi connectivity index (χ0) is 16.9. The number of ether oxygens (including phenoxy) is 1. The number of pyridine rings is 1. The molecular formula is C14H17N3O5S. The van der Waals surface area contributed by atoms with Crippen LogP contribution < -0.4 is 5.32 Å². The maximum atomic E-state index is 11.1. The molecule has 0 bridgehead atoms. The van der Waals surface area contributed by atoms with Crippen LogP contribution in [0.3, 0.4) is 0 Å². The molecule has 1 heterocycles. The third-order valence-electron chi connectivity index (χ3n) is 3.10. The molecule has 124 valence electrons. The predicted molar refractivity (Wildman–Crippen MR) is 87.4 cm³/mol. The Morgan fingerprint density at radius 2 is 2.04 bits per heavy atom. The smallest absolute Gasteiger partial charge is 0.311 e. The number of para-hydroxylation sites is 1. The molecule has 0 aliphatic rings. The largest absolute Gasteiger partial charge is 0.379 e. The van der Waals surface area contributed by atoms with Gasteiger partial charge in [-0.15, -0.1) is 0 Å². The van der Waals surface area contributed by atoms with Crippen LogP contribution in [0.4, 0.5) is 11.4 Å². The van der Waals surface area contributed by atoms with Gasteiger partial charge in [0.1, 0.15) is 21.7 Å². The summed E-state index contributed by atoms with van der Waals surface area (Å²) in [7, 11) is -3.05. The maximum Gasteiger partial charge on any atom is 0.311 e. The molecule has 0 saturated heterocycles. The van der Waals surface area contributed by atoms with Crippen molar-refractivity contribution in [3.63, 3.8) is 0 Å². The molecule has 1 aromatic heterocycles. The lowest BCUT2D eigenvalue weighted by Gasteiger charge is -2.10. The Morgan fingerprint density at radius 1 is 1.30 bits per heavy atom. The van der Waals surface area contributed by atoms with E-state index in [0.29, 0.717) is 23.1 Å². The van der Waals surface area contributed by atoms with E-state index in [9.17, 15) is 18.5 Å². The molecule has 9 heteroatoms. The molecule has 2 aromatic rings. The van der Waals surface area contributed by atoms with Gasteiger partial charge in [-0.1, -0.05) is 18.2 Å². The molecule has 0 radical (unpaired) electrons. The number of anilines is 1. The van der Waals surface area contributed by atoms with Crippen molar-refractivity contribution in [1.82, 2.24) is 4.98 Å². The highest BCUT2D eigenvalue weighted by atomic mass is 32.2. The van der Waals surface area contributed by atoms with E-state index in [2.05, 4.69) is 10.3 Å². The zero-order valence-electron chi connectivity index (χ0n) is 12.6. The van der Waals surface area contributed by atoms with E-state index in [1.807, 2.05) is 0 Å². The number of hydrogen-bond acceptors (Lipinski definition) is 7. The van der Waals surface area contributed by atoms with E-state index in [1.54, 1.807) is 24.3 Å². The van der Waals surface area contributed by atoms with Crippen LogP contribution in [0, 0.1) is 10.1 Å². The first-order valence-corrected chi connectivity index (χ1v) is 8.96. The average molecular weight is 339 g/mol. The Balaban J connectivity index is 2.04. The molecule has 1 aromatic carbocycles. The lowest BCUT2D eigenvalue weighted by Crippen LogP contribution is -2.15. The molecule has 0 amide bonds. The lowest BCUT2D eigenvalue weighted by atomic mass is 10.1. The van der Waals surface area contributed by atoms with Crippen molar-refractivity contribution < 1.29 is 18.1 Å². The number of nitrogens with one attached hydrogen (secondary N) is 1. The topological polar surface area (TPSA) is 111 Å².